The van der Waals surface area contributed by atoms with E-state index in [1.807, 2.05) is 30.5 Å². The highest BCUT2D eigenvalue weighted by Gasteiger charge is 2.36. The third-order valence-corrected chi connectivity index (χ3v) is 5.78. The summed E-state index contributed by atoms with van der Waals surface area (Å²) in [4.78, 5) is 27.4. The van der Waals surface area contributed by atoms with Gasteiger partial charge in [-0.05, 0) is 30.3 Å². The van der Waals surface area contributed by atoms with Gasteiger partial charge in [-0.2, -0.15) is 0 Å². The Morgan fingerprint density at radius 2 is 1.97 bits per heavy atom. The second kappa shape index (κ2) is 9.32. The van der Waals surface area contributed by atoms with Gasteiger partial charge in [-0.15, -0.1) is 0 Å². The van der Waals surface area contributed by atoms with Crippen molar-refractivity contribution in [2.45, 2.75) is 13.0 Å². The number of benzene rings is 2. The largest absolute Gasteiger partial charge is 0.497 e. The Balaban J connectivity index is 1.51. The smallest absolute Gasteiger partial charge is 0.229 e. The third-order valence-electron chi connectivity index (χ3n) is 5.78. The van der Waals surface area contributed by atoms with Crippen LogP contribution in [0.2, 0.25) is 0 Å². The van der Waals surface area contributed by atoms with Crippen LogP contribution < -0.4 is 19.7 Å². The van der Waals surface area contributed by atoms with E-state index in [1.165, 1.54) is 0 Å². The number of aromatic nitrogens is 1. The highest BCUT2D eigenvalue weighted by molar-refractivity contribution is 6.07. The van der Waals surface area contributed by atoms with Crippen LogP contribution >= 0.6 is 0 Å². The van der Waals surface area contributed by atoms with Crippen LogP contribution in [0.4, 0.5) is 11.4 Å². The SMILES string of the molecule is COCCn1ccc2c(NC(=O)C3CC(=O)N(c4ccc(OC)cc4OC)C3)cccc21. The first kappa shape index (κ1) is 21.7. The Hall–Kier alpha value is -3.52. The summed E-state index contributed by atoms with van der Waals surface area (Å²) in [6.45, 7) is 1.63. The molecule has 0 spiro atoms. The minimum absolute atomic E-state index is 0.113. The molecular formula is C24H27N3O5. The van der Waals surface area contributed by atoms with Crippen molar-refractivity contribution in [2.24, 2.45) is 5.92 Å². The molecule has 1 saturated heterocycles. The summed E-state index contributed by atoms with van der Waals surface area (Å²) in [5, 5.41) is 3.98. The second-order valence-electron chi connectivity index (χ2n) is 7.67. The minimum atomic E-state index is -0.458. The standard InChI is InChI=1S/C24H27N3O5/c1-30-12-11-26-10-9-18-19(5-4-6-20(18)26)25-24(29)16-13-23(28)27(15-16)21-8-7-17(31-2)14-22(21)32-3/h4-10,14,16H,11-13,15H2,1-3H3,(H,25,29). The predicted molar refractivity (Wildman–Crippen MR) is 122 cm³/mol. The minimum Gasteiger partial charge on any atom is -0.497 e. The quantitative estimate of drug-likeness (QED) is 0.585. The van der Waals surface area contributed by atoms with Crippen LogP contribution in [0.5, 0.6) is 11.5 Å². The first-order valence-corrected chi connectivity index (χ1v) is 10.5. The van der Waals surface area contributed by atoms with Gasteiger partial charge in [0.2, 0.25) is 11.8 Å². The van der Waals surface area contributed by atoms with Crippen molar-refractivity contribution in [3.63, 3.8) is 0 Å². The van der Waals surface area contributed by atoms with E-state index in [1.54, 1.807) is 44.4 Å². The lowest BCUT2D eigenvalue weighted by molar-refractivity contribution is -0.122. The molecule has 8 heteroatoms. The van der Waals surface area contributed by atoms with Crippen LogP contribution in [0.25, 0.3) is 10.9 Å². The molecule has 8 nitrogen and oxygen atoms in total. The van der Waals surface area contributed by atoms with Crippen LogP contribution in [0.15, 0.2) is 48.7 Å². The number of nitrogens with one attached hydrogen (secondary N) is 1. The van der Waals surface area contributed by atoms with Gasteiger partial charge in [0.1, 0.15) is 11.5 Å². The van der Waals surface area contributed by atoms with Gasteiger partial charge in [0, 0.05) is 44.3 Å². The molecule has 1 aliphatic rings. The monoisotopic (exact) mass is 437 g/mol. The van der Waals surface area contributed by atoms with Crippen molar-refractivity contribution in [1.82, 2.24) is 4.57 Å². The summed E-state index contributed by atoms with van der Waals surface area (Å²) < 4.78 is 17.9. The lowest BCUT2D eigenvalue weighted by Crippen LogP contribution is -2.28. The van der Waals surface area contributed by atoms with Crippen molar-refractivity contribution < 1.29 is 23.8 Å². The van der Waals surface area contributed by atoms with E-state index in [0.29, 0.717) is 23.8 Å². The average Bonchev–Trinajstić information content (AvgIpc) is 3.41. The van der Waals surface area contributed by atoms with E-state index in [9.17, 15) is 9.59 Å². The fraction of sp³-hybridized carbons (Fsp3) is 0.333. The molecule has 32 heavy (non-hydrogen) atoms. The van der Waals surface area contributed by atoms with E-state index in [4.69, 9.17) is 14.2 Å². The molecule has 1 fully saturated rings. The molecule has 2 heterocycles. The Morgan fingerprint density at radius 1 is 1.12 bits per heavy atom. The Morgan fingerprint density at radius 3 is 2.72 bits per heavy atom. The Labute approximate surface area is 186 Å². The van der Waals surface area contributed by atoms with Crippen LogP contribution in [0.3, 0.4) is 0 Å². The molecule has 1 N–H and O–H groups in total. The molecule has 1 aromatic heterocycles. The van der Waals surface area contributed by atoms with Gasteiger partial charge in [-0.25, -0.2) is 0 Å². The van der Waals surface area contributed by atoms with Gasteiger partial charge in [-0.3, -0.25) is 9.59 Å². The zero-order valence-corrected chi connectivity index (χ0v) is 18.5. The number of fused-ring (bicyclic) bond motifs is 1. The normalized spacial score (nSPS) is 15.9. The van der Waals surface area contributed by atoms with E-state index >= 15 is 0 Å². The molecule has 3 aromatic rings. The highest BCUT2D eigenvalue weighted by atomic mass is 16.5. The van der Waals surface area contributed by atoms with Crippen LogP contribution in [0.1, 0.15) is 6.42 Å². The number of ether oxygens (including phenoxy) is 3. The zero-order valence-electron chi connectivity index (χ0n) is 18.5. The maximum Gasteiger partial charge on any atom is 0.229 e. The summed E-state index contributed by atoms with van der Waals surface area (Å²) in [5.41, 5.74) is 2.38. The Kier molecular flexibility index (Phi) is 6.32. The average molecular weight is 437 g/mol. The first-order valence-electron chi connectivity index (χ1n) is 10.5. The fourth-order valence-electron chi connectivity index (χ4n) is 4.08. The number of methoxy groups -OCH3 is 3. The molecule has 0 bridgehead atoms. The van der Waals surface area contributed by atoms with E-state index in [-0.39, 0.29) is 24.8 Å². The maximum atomic E-state index is 13.0. The first-order chi connectivity index (χ1) is 15.5. The topological polar surface area (TPSA) is 82.0 Å². The predicted octanol–water partition coefficient (Wildman–Crippen LogP) is 3.30. The third kappa shape index (κ3) is 4.13. The number of carbonyl (C=O) groups excluding carboxylic acids is 2. The number of nitrogens with zero attached hydrogens (tertiary/aromatic N) is 2. The molecule has 1 atom stereocenters. The second-order valence-corrected chi connectivity index (χ2v) is 7.67. The van der Waals surface area contributed by atoms with Crippen molar-refractivity contribution in [2.75, 3.05) is 44.7 Å². The van der Waals surface area contributed by atoms with Gasteiger partial charge < -0.3 is 29.0 Å². The maximum absolute atomic E-state index is 13.0. The van der Waals surface area contributed by atoms with Crippen LogP contribution in [0, 0.1) is 5.92 Å². The number of hydrogen-bond donors (Lipinski definition) is 1. The van der Waals surface area contributed by atoms with Crippen molar-refractivity contribution in [3.05, 3.63) is 48.7 Å². The molecule has 0 saturated carbocycles. The summed E-state index contributed by atoms with van der Waals surface area (Å²) in [7, 11) is 4.79. The molecule has 0 aliphatic carbocycles. The number of rotatable bonds is 8. The molecule has 2 amide bonds. The van der Waals surface area contributed by atoms with E-state index in [2.05, 4.69) is 9.88 Å². The lowest BCUT2D eigenvalue weighted by atomic mass is 10.1. The molecule has 168 valence electrons. The highest BCUT2D eigenvalue weighted by Crippen LogP contribution is 2.36. The van der Waals surface area contributed by atoms with Crippen LogP contribution in [-0.4, -0.2) is 50.9 Å². The van der Waals surface area contributed by atoms with Gasteiger partial charge >= 0.3 is 0 Å². The van der Waals surface area contributed by atoms with Crippen LogP contribution in [-0.2, 0) is 20.9 Å². The summed E-state index contributed by atoms with van der Waals surface area (Å²) in [6.07, 6.45) is 2.13. The lowest BCUT2D eigenvalue weighted by Gasteiger charge is -2.20. The number of hydrogen-bond acceptors (Lipinski definition) is 5. The number of amides is 2. The fourth-order valence-corrected chi connectivity index (χ4v) is 4.08. The zero-order chi connectivity index (χ0) is 22.7. The summed E-state index contributed by atoms with van der Waals surface area (Å²) in [6, 6.07) is 13.1. The summed E-state index contributed by atoms with van der Waals surface area (Å²) >= 11 is 0. The van der Waals surface area contributed by atoms with Gasteiger partial charge in [0.25, 0.3) is 0 Å². The molecule has 1 unspecified atom stereocenters. The molecular weight excluding hydrogens is 410 g/mol. The molecule has 4 rings (SSSR count). The van der Waals surface area contributed by atoms with Crippen molar-refractivity contribution in [3.8, 4) is 11.5 Å². The number of carbonyl (C=O) groups is 2. The van der Waals surface area contributed by atoms with Gasteiger partial charge in [0.05, 0.1) is 43.6 Å². The van der Waals surface area contributed by atoms with E-state index < -0.39 is 5.92 Å². The van der Waals surface area contributed by atoms with E-state index in [0.717, 1.165) is 23.1 Å². The van der Waals surface area contributed by atoms with Gasteiger partial charge in [0.15, 0.2) is 0 Å². The van der Waals surface area contributed by atoms with Crippen molar-refractivity contribution >= 4 is 34.1 Å². The molecule has 1 aliphatic heterocycles. The molecule has 0 radical (unpaired) electrons. The van der Waals surface area contributed by atoms with Gasteiger partial charge in [-0.1, -0.05) is 6.07 Å². The molecule has 2 aromatic carbocycles. The summed E-state index contributed by atoms with van der Waals surface area (Å²) in [5.74, 6) is 0.418. The van der Waals surface area contributed by atoms with Crippen molar-refractivity contribution in [1.29, 1.82) is 0 Å². The number of anilines is 2. The Bertz CT molecular complexity index is 1140.